The van der Waals surface area contributed by atoms with Crippen LogP contribution in [0, 0.1) is 0 Å². The first kappa shape index (κ1) is 10.0. The number of methoxy groups -OCH3 is 1. The SMILES string of the molecule is COC(=O)CNC(=O)Nc1ccno1. The monoisotopic (exact) mass is 199 g/mol. The maximum Gasteiger partial charge on any atom is 0.325 e. The van der Waals surface area contributed by atoms with Crippen LogP contribution in [0.25, 0.3) is 0 Å². The zero-order chi connectivity index (χ0) is 10.4. The average molecular weight is 199 g/mol. The third kappa shape index (κ3) is 3.13. The number of anilines is 1. The highest BCUT2D eigenvalue weighted by molar-refractivity contribution is 5.90. The maximum absolute atomic E-state index is 11.0. The molecule has 0 spiro atoms. The van der Waals surface area contributed by atoms with Gasteiger partial charge in [0.25, 0.3) is 0 Å². The van der Waals surface area contributed by atoms with Crippen molar-refractivity contribution < 1.29 is 18.8 Å². The third-order valence-corrected chi connectivity index (χ3v) is 1.30. The predicted molar refractivity (Wildman–Crippen MR) is 45.5 cm³/mol. The number of amides is 2. The maximum atomic E-state index is 11.0. The number of carbonyl (C=O) groups is 2. The normalized spacial score (nSPS) is 9.21. The highest BCUT2D eigenvalue weighted by atomic mass is 16.5. The predicted octanol–water partition coefficient (Wildman–Crippen LogP) is -0.0309. The Morgan fingerprint density at radius 2 is 2.43 bits per heavy atom. The second kappa shape index (κ2) is 4.85. The number of rotatable bonds is 3. The molecule has 1 rings (SSSR count). The van der Waals surface area contributed by atoms with E-state index in [0.29, 0.717) is 0 Å². The molecule has 7 heteroatoms. The van der Waals surface area contributed by atoms with Gasteiger partial charge in [0.05, 0.1) is 13.3 Å². The van der Waals surface area contributed by atoms with Crippen molar-refractivity contribution in [3.05, 3.63) is 12.3 Å². The van der Waals surface area contributed by atoms with Crippen LogP contribution in [0.4, 0.5) is 10.7 Å². The summed E-state index contributed by atoms with van der Waals surface area (Å²) in [5, 5.41) is 7.95. The smallest absolute Gasteiger partial charge is 0.325 e. The third-order valence-electron chi connectivity index (χ3n) is 1.30. The molecule has 2 amide bonds. The molecule has 76 valence electrons. The molecule has 0 atom stereocenters. The van der Waals surface area contributed by atoms with Gasteiger partial charge < -0.3 is 14.6 Å². The summed E-state index contributed by atoms with van der Waals surface area (Å²) in [4.78, 5) is 21.6. The largest absolute Gasteiger partial charge is 0.468 e. The fourth-order valence-electron chi connectivity index (χ4n) is 0.661. The van der Waals surface area contributed by atoms with Gasteiger partial charge in [0.1, 0.15) is 6.54 Å². The van der Waals surface area contributed by atoms with Crippen molar-refractivity contribution in [1.29, 1.82) is 0 Å². The van der Waals surface area contributed by atoms with E-state index in [0.717, 1.165) is 0 Å². The van der Waals surface area contributed by atoms with Gasteiger partial charge in [-0.05, 0) is 0 Å². The van der Waals surface area contributed by atoms with Crippen molar-refractivity contribution in [1.82, 2.24) is 10.5 Å². The van der Waals surface area contributed by atoms with E-state index in [1.165, 1.54) is 19.4 Å². The highest BCUT2D eigenvalue weighted by Gasteiger charge is 2.06. The lowest BCUT2D eigenvalue weighted by molar-refractivity contribution is -0.139. The highest BCUT2D eigenvalue weighted by Crippen LogP contribution is 2.02. The number of hydrogen-bond donors (Lipinski definition) is 2. The van der Waals surface area contributed by atoms with Gasteiger partial charge in [0.15, 0.2) is 0 Å². The van der Waals surface area contributed by atoms with Gasteiger partial charge in [0, 0.05) is 6.07 Å². The fourth-order valence-corrected chi connectivity index (χ4v) is 0.661. The Kier molecular flexibility index (Phi) is 3.48. The summed E-state index contributed by atoms with van der Waals surface area (Å²) in [6.07, 6.45) is 1.38. The van der Waals surface area contributed by atoms with E-state index >= 15 is 0 Å². The second-order valence-corrected chi connectivity index (χ2v) is 2.26. The molecule has 2 N–H and O–H groups in total. The molecule has 0 saturated heterocycles. The number of carbonyl (C=O) groups excluding carboxylic acids is 2. The summed E-state index contributed by atoms with van der Waals surface area (Å²) in [6, 6.07) is 0.907. The van der Waals surface area contributed by atoms with Gasteiger partial charge >= 0.3 is 12.0 Å². The summed E-state index contributed by atoms with van der Waals surface area (Å²) >= 11 is 0. The first-order valence-corrected chi connectivity index (χ1v) is 3.74. The zero-order valence-corrected chi connectivity index (χ0v) is 7.44. The molecule has 0 fully saturated rings. The molecule has 0 aliphatic heterocycles. The van der Waals surface area contributed by atoms with Crippen molar-refractivity contribution in [2.24, 2.45) is 0 Å². The molecule has 14 heavy (non-hydrogen) atoms. The van der Waals surface area contributed by atoms with E-state index in [4.69, 9.17) is 0 Å². The zero-order valence-electron chi connectivity index (χ0n) is 7.44. The molecular weight excluding hydrogens is 190 g/mol. The van der Waals surface area contributed by atoms with E-state index in [-0.39, 0.29) is 12.4 Å². The Hall–Kier alpha value is -2.05. The van der Waals surface area contributed by atoms with Crippen LogP contribution in [0.2, 0.25) is 0 Å². The van der Waals surface area contributed by atoms with E-state index in [1.54, 1.807) is 0 Å². The number of nitrogens with one attached hydrogen (secondary N) is 2. The Labute approximate surface area is 79.4 Å². The molecule has 0 aliphatic rings. The molecule has 0 radical (unpaired) electrons. The van der Waals surface area contributed by atoms with Crippen LogP contribution in [0.5, 0.6) is 0 Å². The molecule has 1 heterocycles. The number of aromatic nitrogens is 1. The van der Waals surface area contributed by atoms with Crippen molar-refractivity contribution in [3.8, 4) is 0 Å². The minimum Gasteiger partial charge on any atom is -0.468 e. The molecular formula is C7H9N3O4. The van der Waals surface area contributed by atoms with Crippen LogP contribution in [-0.2, 0) is 9.53 Å². The van der Waals surface area contributed by atoms with Gasteiger partial charge in [-0.25, -0.2) is 4.79 Å². The summed E-state index contributed by atoms with van der Waals surface area (Å²) < 4.78 is 8.92. The molecule has 1 aromatic rings. The van der Waals surface area contributed by atoms with E-state index in [2.05, 4.69) is 25.1 Å². The van der Waals surface area contributed by atoms with Gasteiger partial charge in [-0.1, -0.05) is 5.16 Å². The van der Waals surface area contributed by atoms with Crippen molar-refractivity contribution in [3.63, 3.8) is 0 Å². The lowest BCUT2D eigenvalue weighted by Crippen LogP contribution is -2.33. The topological polar surface area (TPSA) is 93.5 Å². The Balaban J connectivity index is 2.26. The standard InChI is InChI=1S/C7H9N3O4/c1-13-6(11)4-8-7(12)10-5-2-3-9-14-5/h2-3H,4H2,1H3,(H2,8,10,12). The van der Waals surface area contributed by atoms with Crippen molar-refractivity contribution >= 4 is 17.9 Å². The number of urea groups is 1. The van der Waals surface area contributed by atoms with E-state index in [9.17, 15) is 9.59 Å². The molecule has 7 nitrogen and oxygen atoms in total. The quantitative estimate of drug-likeness (QED) is 0.666. The Bertz CT molecular complexity index is 309. The summed E-state index contributed by atoms with van der Waals surface area (Å²) in [5.41, 5.74) is 0. The number of hydrogen-bond acceptors (Lipinski definition) is 5. The number of nitrogens with zero attached hydrogens (tertiary/aromatic N) is 1. The fraction of sp³-hybridized carbons (Fsp3) is 0.286. The van der Waals surface area contributed by atoms with Gasteiger partial charge in [-0.3, -0.25) is 10.1 Å². The lowest BCUT2D eigenvalue weighted by atomic mass is 10.6. The van der Waals surface area contributed by atoms with Crippen LogP contribution in [0.15, 0.2) is 16.8 Å². The summed E-state index contributed by atoms with van der Waals surface area (Å²) in [5.74, 6) is -0.329. The van der Waals surface area contributed by atoms with Crippen LogP contribution in [-0.4, -0.2) is 30.8 Å². The molecule has 1 aromatic heterocycles. The van der Waals surface area contributed by atoms with Gasteiger partial charge in [0.2, 0.25) is 5.88 Å². The van der Waals surface area contributed by atoms with Gasteiger partial charge in [-0.15, -0.1) is 0 Å². The Morgan fingerprint density at radius 3 is 3.00 bits per heavy atom. The van der Waals surface area contributed by atoms with Crippen molar-refractivity contribution in [2.45, 2.75) is 0 Å². The molecule has 0 aliphatic carbocycles. The molecule has 0 unspecified atom stereocenters. The second-order valence-electron chi connectivity index (χ2n) is 2.26. The average Bonchev–Trinajstić information content (AvgIpc) is 2.66. The first-order chi connectivity index (χ1) is 6.72. The molecule has 0 aromatic carbocycles. The van der Waals surface area contributed by atoms with E-state index < -0.39 is 12.0 Å². The van der Waals surface area contributed by atoms with E-state index in [1.807, 2.05) is 0 Å². The minimum absolute atomic E-state index is 0.198. The minimum atomic E-state index is -0.563. The van der Waals surface area contributed by atoms with Crippen LogP contribution in [0.1, 0.15) is 0 Å². The number of esters is 1. The summed E-state index contributed by atoms with van der Waals surface area (Å²) in [7, 11) is 1.23. The van der Waals surface area contributed by atoms with Crippen molar-refractivity contribution in [2.75, 3.05) is 19.0 Å². The first-order valence-electron chi connectivity index (χ1n) is 3.74. The Morgan fingerprint density at radius 1 is 1.64 bits per heavy atom. The lowest BCUT2D eigenvalue weighted by Gasteiger charge is -2.02. The summed E-state index contributed by atoms with van der Waals surface area (Å²) in [6.45, 7) is -0.198. The van der Waals surface area contributed by atoms with Crippen LogP contribution >= 0.6 is 0 Å². The van der Waals surface area contributed by atoms with Crippen LogP contribution in [0.3, 0.4) is 0 Å². The molecule has 0 bridgehead atoms. The molecule has 0 saturated carbocycles. The number of ether oxygens (including phenoxy) is 1. The van der Waals surface area contributed by atoms with Crippen LogP contribution < -0.4 is 10.6 Å². The van der Waals surface area contributed by atoms with Gasteiger partial charge in [-0.2, -0.15) is 0 Å².